The molecule has 1 aromatic heterocycles. The van der Waals surface area contributed by atoms with Gasteiger partial charge in [0.25, 0.3) is 0 Å². The van der Waals surface area contributed by atoms with Gasteiger partial charge < -0.3 is 0 Å². The number of halogens is 1. The number of aryl methyl sites for hydroxylation is 1. The fourth-order valence-corrected chi connectivity index (χ4v) is 2.68. The second-order valence-corrected chi connectivity index (χ2v) is 5.23. The van der Waals surface area contributed by atoms with Crippen molar-refractivity contribution in [2.75, 3.05) is 0 Å². The van der Waals surface area contributed by atoms with E-state index in [9.17, 15) is 0 Å². The molecule has 1 aromatic carbocycles. The molecule has 0 spiro atoms. The second kappa shape index (κ2) is 5.30. The van der Waals surface area contributed by atoms with Gasteiger partial charge in [0.05, 0.1) is 5.56 Å². The highest BCUT2D eigenvalue weighted by Crippen LogP contribution is 2.28. The summed E-state index contributed by atoms with van der Waals surface area (Å²) in [6, 6.07) is 9.53. The van der Waals surface area contributed by atoms with E-state index in [0.29, 0.717) is 10.7 Å². The van der Waals surface area contributed by atoms with E-state index in [1.807, 2.05) is 25.1 Å². The highest BCUT2D eigenvalue weighted by Gasteiger charge is 2.04. The zero-order valence-corrected chi connectivity index (χ0v) is 11.4. The Hall–Kier alpha value is -1.38. The van der Waals surface area contributed by atoms with E-state index in [-0.39, 0.29) is 0 Å². The number of nitrogens with zero attached hydrogens (tertiary/aromatic N) is 3. The molecule has 0 saturated heterocycles. The third-order valence-corrected chi connectivity index (χ3v) is 3.57. The predicted octanol–water partition coefficient (Wildman–Crippen LogP) is 3.57. The van der Waals surface area contributed by atoms with Gasteiger partial charge in [0.2, 0.25) is 0 Å². The average molecular weight is 306 g/mol. The van der Waals surface area contributed by atoms with Gasteiger partial charge in [-0.2, -0.15) is 5.26 Å². The summed E-state index contributed by atoms with van der Waals surface area (Å²) in [5, 5.41) is 9.53. The molecule has 0 saturated carbocycles. The van der Waals surface area contributed by atoms with Crippen LogP contribution in [0.1, 0.15) is 11.3 Å². The first-order valence-corrected chi connectivity index (χ1v) is 6.47. The summed E-state index contributed by atoms with van der Waals surface area (Å²) in [5.41, 5.74) is 1.56. The largest absolute Gasteiger partial charge is 0.231 e. The molecule has 0 aliphatic rings. The first-order chi connectivity index (χ1) is 8.19. The maximum atomic E-state index is 8.82. The zero-order chi connectivity index (χ0) is 12.3. The van der Waals surface area contributed by atoms with Crippen LogP contribution in [0.4, 0.5) is 0 Å². The standard InChI is InChI=1S/C12H8BrN3S/c1-8-4-5-15-12(16-8)17-10-3-2-9(7-14)11(13)6-10/h2-6H,1H3. The predicted molar refractivity (Wildman–Crippen MR) is 69.7 cm³/mol. The zero-order valence-electron chi connectivity index (χ0n) is 9.01. The van der Waals surface area contributed by atoms with Crippen LogP contribution >= 0.6 is 27.7 Å². The summed E-state index contributed by atoms with van der Waals surface area (Å²) < 4.78 is 0.789. The van der Waals surface area contributed by atoms with E-state index in [2.05, 4.69) is 32.0 Å². The molecule has 3 nitrogen and oxygen atoms in total. The molecule has 1 heterocycles. The quantitative estimate of drug-likeness (QED) is 0.796. The first-order valence-electron chi connectivity index (χ1n) is 4.86. The van der Waals surface area contributed by atoms with E-state index in [1.54, 1.807) is 12.3 Å². The van der Waals surface area contributed by atoms with Crippen molar-refractivity contribution in [1.82, 2.24) is 9.97 Å². The molecule has 0 unspecified atom stereocenters. The molecule has 0 N–H and O–H groups in total. The summed E-state index contributed by atoms with van der Waals surface area (Å²) >= 11 is 4.83. The number of rotatable bonds is 2. The van der Waals surface area contributed by atoms with Gasteiger partial charge in [-0.3, -0.25) is 0 Å². The summed E-state index contributed by atoms with van der Waals surface area (Å²) in [5.74, 6) is 0. The number of hydrogen-bond acceptors (Lipinski definition) is 4. The van der Waals surface area contributed by atoms with E-state index in [4.69, 9.17) is 5.26 Å². The highest BCUT2D eigenvalue weighted by molar-refractivity contribution is 9.10. The van der Waals surface area contributed by atoms with Crippen LogP contribution < -0.4 is 0 Å². The van der Waals surface area contributed by atoms with Crippen molar-refractivity contribution < 1.29 is 0 Å². The third-order valence-electron chi connectivity index (χ3n) is 2.04. The minimum Gasteiger partial charge on any atom is -0.231 e. The van der Waals surface area contributed by atoms with Crippen LogP contribution in [0.15, 0.2) is 45.0 Å². The van der Waals surface area contributed by atoms with Crippen molar-refractivity contribution in [3.8, 4) is 6.07 Å². The summed E-state index contributed by atoms with van der Waals surface area (Å²) in [6.07, 6.45) is 1.74. The molecule has 0 aliphatic carbocycles. The smallest absolute Gasteiger partial charge is 0.192 e. The molecular weight excluding hydrogens is 298 g/mol. The molecule has 2 aromatic rings. The summed E-state index contributed by atoms with van der Waals surface area (Å²) in [4.78, 5) is 9.49. The summed E-state index contributed by atoms with van der Waals surface area (Å²) in [7, 11) is 0. The van der Waals surface area contributed by atoms with Gasteiger partial charge in [0, 0.05) is 21.3 Å². The molecule has 0 radical (unpaired) electrons. The Morgan fingerprint density at radius 3 is 2.82 bits per heavy atom. The van der Waals surface area contributed by atoms with Crippen LogP contribution in [0.3, 0.4) is 0 Å². The Morgan fingerprint density at radius 1 is 1.35 bits per heavy atom. The first kappa shape index (κ1) is 12.1. The number of aromatic nitrogens is 2. The fraction of sp³-hybridized carbons (Fsp3) is 0.0833. The van der Waals surface area contributed by atoms with Gasteiger partial charge in [-0.25, -0.2) is 9.97 Å². The molecule has 2 rings (SSSR count). The van der Waals surface area contributed by atoms with E-state index in [1.165, 1.54) is 11.8 Å². The molecule has 0 bridgehead atoms. The maximum Gasteiger partial charge on any atom is 0.192 e. The molecule has 84 valence electrons. The molecule has 17 heavy (non-hydrogen) atoms. The van der Waals surface area contributed by atoms with Crippen molar-refractivity contribution in [2.45, 2.75) is 17.0 Å². The lowest BCUT2D eigenvalue weighted by molar-refractivity contribution is 0.932. The topological polar surface area (TPSA) is 49.6 Å². The normalized spacial score (nSPS) is 9.94. The Morgan fingerprint density at radius 2 is 2.18 bits per heavy atom. The van der Waals surface area contributed by atoms with Gasteiger partial charge in [-0.05, 0) is 58.9 Å². The van der Waals surface area contributed by atoms with Gasteiger partial charge in [-0.1, -0.05) is 0 Å². The van der Waals surface area contributed by atoms with Gasteiger partial charge in [0.1, 0.15) is 6.07 Å². The van der Waals surface area contributed by atoms with Crippen LogP contribution in [-0.2, 0) is 0 Å². The van der Waals surface area contributed by atoms with E-state index in [0.717, 1.165) is 15.1 Å². The summed E-state index contributed by atoms with van der Waals surface area (Å²) in [6.45, 7) is 1.93. The van der Waals surface area contributed by atoms with Crippen molar-refractivity contribution in [1.29, 1.82) is 5.26 Å². The van der Waals surface area contributed by atoms with E-state index < -0.39 is 0 Å². The molecule has 0 amide bonds. The lowest BCUT2D eigenvalue weighted by Crippen LogP contribution is -1.88. The Balaban J connectivity index is 2.25. The van der Waals surface area contributed by atoms with Crippen LogP contribution in [-0.4, -0.2) is 9.97 Å². The third kappa shape index (κ3) is 3.05. The molecular formula is C12H8BrN3S. The minimum atomic E-state index is 0.625. The average Bonchev–Trinajstić information content (AvgIpc) is 2.29. The van der Waals surface area contributed by atoms with Gasteiger partial charge in [-0.15, -0.1) is 0 Å². The van der Waals surface area contributed by atoms with Crippen molar-refractivity contribution in [3.05, 3.63) is 46.2 Å². The lowest BCUT2D eigenvalue weighted by atomic mass is 10.2. The Labute approximate surface area is 112 Å². The highest BCUT2D eigenvalue weighted by atomic mass is 79.9. The van der Waals surface area contributed by atoms with Gasteiger partial charge >= 0.3 is 0 Å². The Bertz CT molecular complexity index is 593. The SMILES string of the molecule is Cc1ccnc(Sc2ccc(C#N)c(Br)c2)n1. The van der Waals surface area contributed by atoms with Crippen LogP contribution in [0.5, 0.6) is 0 Å². The van der Waals surface area contributed by atoms with Crippen molar-refractivity contribution >= 4 is 27.7 Å². The van der Waals surface area contributed by atoms with Crippen molar-refractivity contribution in [2.24, 2.45) is 0 Å². The van der Waals surface area contributed by atoms with Gasteiger partial charge in [0.15, 0.2) is 5.16 Å². The number of hydrogen-bond donors (Lipinski definition) is 0. The van der Waals surface area contributed by atoms with Crippen LogP contribution in [0.25, 0.3) is 0 Å². The fourth-order valence-electron chi connectivity index (χ4n) is 1.23. The molecule has 0 fully saturated rings. The van der Waals surface area contributed by atoms with Crippen molar-refractivity contribution in [3.63, 3.8) is 0 Å². The maximum absolute atomic E-state index is 8.82. The van der Waals surface area contributed by atoms with Crippen LogP contribution in [0, 0.1) is 18.3 Å². The van der Waals surface area contributed by atoms with Crippen LogP contribution in [0.2, 0.25) is 0 Å². The lowest BCUT2D eigenvalue weighted by Gasteiger charge is -2.02. The number of nitriles is 1. The monoisotopic (exact) mass is 305 g/mol. The molecule has 5 heteroatoms. The Kier molecular flexibility index (Phi) is 3.77. The number of benzene rings is 1. The second-order valence-electron chi connectivity index (χ2n) is 3.34. The minimum absolute atomic E-state index is 0.625. The molecule has 0 aliphatic heterocycles. The molecule has 0 atom stereocenters. The van der Waals surface area contributed by atoms with E-state index >= 15 is 0 Å².